The van der Waals surface area contributed by atoms with Crippen molar-refractivity contribution in [3.05, 3.63) is 249 Å². The van der Waals surface area contributed by atoms with Gasteiger partial charge in [-0.1, -0.05) is 194 Å². The summed E-state index contributed by atoms with van der Waals surface area (Å²) in [5, 5.41) is 6.93. The zero-order valence-corrected chi connectivity index (χ0v) is 36.5. The first-order valence-electron chi connectivity index (χ1n) is 22.9. The zero-order chi connectivity index (χ0) is 44.3. The van der Waals surface area contributed by atoms with Crippen molar-refractivity contribution in [3.8, 4) is 72.6 Å². The van der Waals surface area contributed by atoms with E-state index in [1.54, 1.807) is 0 Å². The van der Waals surface area contributed by atoms with Gasteiger partial charge in [0.05, 0.1) is 34.0 Å². The van der Waals surface area contributed by atoms with Gasteiger partial charge >= 0.3 is 0 Å². The molecule has 3 heteroatoms. The van der Waals surface area contributed by atoms with Gasteiger partial charge in [-0.2, -0.15) is 0 Å². The van der Waals surface area contributed by atoms with Gasteiger partial charge in [-0.3, -0.25) is 4.98 Å². The van der Waals surface area contributed by atoms with Crippen molar-refractivity contribution in [1.29, 1.82) is 0 Å². The molecule has 2 heterocycles. The highest BCUT2D eigenvalue weighted by Gasteiger charge is 2.17. The molecule has 0 unspecified atom stereocenters. The van der Waals surface area contributed by atoms with Gasteiger partial charge in [0.25, 0.3) is 0 Å². The molecule has 3 nitrogen and oxygen atoms in total. The second-order valence-electron chi connectivity index (χ2n) is 17.4. The van der Waals surface area contributed by atoms with E-state index in [1.165, 1.54) is 55.2 Å². The van der Waals surface area contributed by atoms with E-state index in [0.717, 1.165) is 71.8 Å². The highest BCUT2D eigenvalue weighted by atomic mass is 15.0. The second kappa shape index (κ2) is 16.0. The van der Waals surface area contributed by atoms with Crippen molar-refractivity contribution in [2.24, 2.45) is 0 Å². The van der Waals surface area contributed by atoms with Gasteiger partial charge < -0.3 is 4.57 Å². The molecule has 11 aromatic carbocycles. The molecule has 67 heavy (non-hydrogen) atoms. The molecule has 2 aromatic heterocycles. The topological polar surface area (TPSA) is 30.7 Å². The van der Waals surface area contributed by atoms with Crippen LogP contribution >= 0.6 is 0 Å². The summed E-state index contributed by atoms with van der Waals surface area (Å²) in [4.78, 5) is 10.7. The van der Waals surface area contributed by atoms with Gasteiger partial charge in [0, 0.05) is 32.8 Å². The van der Waals surface area contributed by atoms with Crippen molar-refractivity contribution >= 4 is 54.4 Å². The summed E-state index contributed by atoms with van der Waals surface area (Å²) in [6.07, 6.45) is 1.95. The Hall–Kier alpha value is -8.92. The molecule has 0 spiro atoms. The summed E-state index contributed by atoms with van der Waals surface area (Å²) in [5.74, 6) is 0. The fourth-order valence-corrected chi connectivity index (χ4v) is 10.1. The maximum Gasteiger partial charge on any atom is 0.0979 e. The molecule has 0 aliphatic carbocycles. The Morgan fingerprint density at radius 2 is 0.672 bits per heavy atom. The van der Waals surface area contributed by atoms with Crippen molar-refractivity contribution in [2.75, 3.05) is 0 Å². The standard InChI is InChI=1S/C64H41N3/c1-4-13-42(14-5-1)44-23-27-46(28-24-44)49-31-34-55-57(38-49)58-39-50(47-29-25-45(26-30-47)43-15-6-2-7-16-43)32-35-56(58)64-63(55)65-41-60(66-64)52-18-12-17-48(37-52)51-33-36-62-59(40-51)54-21-10-11-22-61(54)67(62)53-19-8-3-9-20-53/h1-41H. The lowest BCUT2D eigenvalue weighted by molar-refractivity contribution is 1.18. The van der Waals surface area contributed by atoms with Crippen molar-refractivity contribution < 1.29 is 0 Å². The summed E-state index contributed by atoms with van der Waals surface area (Å²) in [5.41, 5.74) is 19.0. The number of para-hydroxylation sites is 2. The molecule has 0 aliphatic rings. The third-order valence-corrected chi connectivity index (χ3v) is 13.4. The van der Waals surface area contributed by atoms with Crippen LogP contribution in [0.1, 0.15) is 0 Å². The third-order valence-electron chi connectivity index (χ3n) is 13.4. The Morgan fingerprint density at radius 3 is 1.30 bits per heavy atom. The van der Waals surface area contributed by atoms with Crippen LogP contribution < -0.4 is 0 Å². The lowest BCUT2D eigenvalue weighted by atomic mass is 9.92. The first-order valence-corrected chi connectivity index (χ1v) is 22.9. The average Bonchev–Trinajstić information content (AvgIpc) is 3.75. The largest absolute Gasteiger partial charge is 0.309 e. The Kier molecular flexibility index (Phi) is 9.17. The van der Waals surface area contributed by atoms with Crippen LogP contribution in [0.3, 0.4) is 0 Å². The molecule has 312 valence electrons. The van der Waals surface area contributed by atoms with E-state index in [-0.39, 0.29) is 0 Å². The molecule has 0 aliphatic heterocycles. The molecule has 0 amide bonds. The fraction of sp³-hybridized carbons (Fsp3) is 0. The average molecular weight is 852 g/mol. The summed E-state index contributed by atoms with van der Waals surface area (Å²) in [6.45, 7) is 0. The maximum atomic E-state index is 5.49. The molecule has 0 fully saturated rings. The van der Waals surface area contributed by atoms with Crippen molar-refractivity contribution in [2.45, 2.75) is 0 Å². The maximum absolute atomic E-state index is 5.49. The van der Waals surface area contributed by atoms with Gasteiger partial charge in [-0.15, -0.1) is 0 Å². The van der Waals surface area contributed by atoms with Gasteiger partial charge in [0.2, 0.25) is 0 Å². The van der Waals surface area contributed by atoms with E-state index < -0.39 is 0 Å². The van der Waals surface area contributed by atoms with Gasteiger partial charge in [0.1, 0.15) is 0 Å². The molecule has 0 saturated carbocycles. The fourth-order valence-electron chi connectivity index (χ4n) is 10.1. The molecular formula is C64H41N3. The van der Waals surface area contributed by atoms with Crippen LogP contribution in [0.25, 0.3) is 127 Å². The van der Waals surface area contributed by atoms with Crippen molar-refractivity contribution in [3.63, 3.8) is 0 Å². The Labute approximate surface area is 388 Å². The summed E-state index contributed by atoms with van der Waals surface area (Å²) in [6, 6.07) is 87.4. The molecule has 0 radical (unpaired) electrons. The summed E-state index contributed by atoms with van der Waals surface area (Å²) in [7, 11) is 0. The molecule has 13 aromatic rings. The minimum absolute atomic E-state index is 0.840. The number of hydrogen-bond donors (Lipinski definition) is 0. The Bertz CT molecular complexity index is 3990. The van der Waals surface area contributed by atoms with E-state index in [0.29, 0.717) is 0 Å². The molecule has 0 N–H and O–H groups in total. The number of aromatic nitrogens is 3. The van der Waals surface area contributed by atoms with E-state index in [1.807, 2.05) is 6.20 Å². The van der Waals surface area contributed by atoms with E-state index in [4.69, 9.17) is 9.97 Å². The summed E-state index contributed by atoms with van der Waals surface area (Å²) >= 11 is 0. The molecule has 0 saturated heterocycles. The van der Waals surface area contributed by atoms with Crippen LogP contribution in [0.2, 0.25) is 0 Å². The van der Waals surface area contributed by atoms with Crippen molar-refractivity contribution in [1.82, 2.24) is 14.5 Å². The number of fused-ring (bicyclic) bond motifs is 9. The van der Waals surface area contributed by atoms with Gasteiger partial charge in [-0.25, -0.2) is 4.98 Å². The van der Waals surface area contributed by atoms with Crippen LogP contribution in [-0.4, -0.2) is 14.5 Å². The number of rotatable bonds is 7. The lowest BCUT2D eigenvalue weighted by Gasteiger charge is -2.14. The lowest BCUT2D eigenvalue weighted by Crippen LogP contribution is -1.94. The van der Waals surface area contributed by atoms with E-state index in [9.17, 15) is 0 Å². The van der Waals surface area contributed by atoms with E-state index in [2.05, 4.69) is 247 Å². The van der Waals surface area contributed by atoms with Gasteiger partial charge in [-0.05, 0) is 115 Å². The van der Waals surface area contributed by atoms with Crippen LogP contribution in [0, 0.1) is 0 Å². The number of hydrogen-bond acceptors (Lipinski definition) is 2. The van der Waals surface area contributed by atoms with Crippen LogP contribution in [0.4, 0.5) is 0 Å². The molecule has 13 rings (SSSR count). The van der Waals surface area contributed by atoms with Crippen LogP contribution in [0.15, 0.2) is 249 Å². The quantitative estimate of drug-likeness (QED) is 0.150. The van der Waals surface area contributed by atoms with Gasteiger partial charge in [0.15, 0.2) is 0 Å². The van der Waals surface area contributed by atoms with Crippen LogP contribution in [-0.2, 0) is 0 Å². The highest BCUT2D eigenvalue weighted by molar-refractivity contribution is 6.24. The predicted octanol–water partition coefficient (Wildman–Crippen LogP) is 17.0. The Balaban J connectivity index is 0.934. The van der Waals surface area contributed by atoms with Crippen LogP contribution in [0.5, 0.6) is 0 Å². The normalized spacial score (nSPS) is 11.6. The predicted molar refractivity (Wildman–Crippen MR) is 282 cm³/mol. The summed E-state index contributed by atoms with van der Waals surface area (Å²) < 4.78 is 2.36. The third kappa shape index (κ3) is 6.76. The van der Waals surface area contributed by atoms with E-state index >= 15 is 0 Å². The minimum atomic E-state index is 0.840. The second-order valence-corrected chi connectivity index (χ2v) is 17.4. The molecule has 0 atom stereocenters. The molecule has 0 bridgehead atoms. The first kappa shape index (κ1) is 38.5. The zero-order valence-electron chi connectivity index (χ0n) is 36.5. The molecular weight excluding hydrogens is 811 g/mol. The number of nitrogens with zero attached hydrogens (tertiary/aromatic N) is 3. The highest BCUT2D eigenvalue weighted by Crippen LogP contribution is 2.40. The smallest absolute Gasteiger partial charge is 0.0979 e. The first-order chi connectivity index (χ1) is 33.2. The monoisotopic (exact) mass is 851 g/mol. The number of benzene rings is 11. The Morgan fingerprint density at radius 1 is 0.254 bits per heavy atom. The minimum Gasteiger partial charge on any atom is -0.309 e. The SMILES string of the molecule is c1ccc(-c2ccc(-c3ccc4c(c3)c3cc(-c5ccc(-c6ccccc6)cc5)ccc3c3nc(-c5cccc(-c6ccc7c(c6)c6ccccc6n7-c6ccccc6)c5)cnc43)cc2)cc1.